The molecule has 1 aromatic rings. The number of ether oxygens (including phenoxy) is 1. The van der Waals surface area contributed by atoms with Gasteiger partial charge in [-0.2, -0.15) is 5.10 Å². The first-order valence-corrected chi connectivity index (χ1v) is 7.20. The van der Waals surface area contributed by atoms with Crippen molar-refractivity contribution in [2.45, 2.75) is 45.1 Å². The number of aliphatic hydroxyl groups excluding tert-OH is 1. The van der Waals surface area contributed by atoms with Gasteiger partial charge in [-0.3, -0.25) is 19.7 Å². The number of hydrogen-bond acceptors (Lipinski definition) is 6. The highest BCUT2D eigenvalue weighted by Crippen LogP contribution is 2.14. The molecule has 1 saturated heterocycles. The number of hydrogen-bond donors (Lipinski definition) is 1. The Hall–Kier alpha value is -1.51. The van der Waals surface area contributed by atoms with Gasteiger partial charge < -0.3 is 9.84 Å². The molecule has 0 aliphatic carbocycles. The van der Waals surface area contributed by atoms with Crippen molar-refractivity contribution >= 4 is 5.69 Å². The zero-order chi connectivity index (χ0) is 15.4. The molecule has 0 radical (unpaired) electrons. The fourth-order valence-electron chi connectivity index (χ4n) is 2.63. The van der Waals surface area contributed by atoms with Gasteiger partial charge in [0.2, 0.25) is 0 Å². The Kier molecular flexibility index (Phi) is 5.27. The second kappa shape index (κ2) is 6.97. The maximum absolute atomic E-state index is 10.6. The van der Waals surface area contributed by atoms with Gasteiger partial charge in [-0.25, -0.2) is 0 Å². The van der Waals surface area contributed by atoms with E-state index in [4.69, 9.17) is 4.74 Å². The minimum absolute atomic E-state index is 0.0618. The molecule has 0 amide bonds. The van der Waals surface area contributed by atoms with Crippen molar-refractivity contribution < 1.29 is 14.8 Å². The van der Waals surface area contributed by atoms with E-state index in [1.165, 1.54) is 17.1 Å². The lowest BCUT2D eigenvalue weighted by Gasteiger charge is -2.37. The fraction of sp³-hybridized carbons (Fsp3) is 0.769. The molecular weight excluding hydrogens is 276 g/mol. The number of β-amino-alcohol motifs (C(OH)–C–C–N with tert-alkyl or cyclic N) is 1. The van der Waals surface area contributed by atoms with Crippen LogP contribution in [0.5, 0.6) is 0 Å². The first-order valence-electron chi connectivity index (χ1n) is 7.20. The molecule has 1 aromatic heterocycles. The molecule has 8 nitrogen and oxygen atoms in total. The molecular formula is C13H22N4O4. The van der Waals surface area contributed by atoms with E-state index in [0.29, 0.717) is 6.54 Å². The number of morpholine rings is 1. The SMILES string of the molecule is CCC1CN(CC(O)Cn2cc([N+](=O)[O-])cn2)CC(C)O1. The van der Waals surface area contributed by atoms with E-state index in [1.807, 2.05) is 6.92 Å². The van der Waals surface area contributed by atoms with Crippen LogP contribution in [0.4, 0.5) is 5.69 Å². The Morgan fingerprint density at radius 1 is 1.57 bits per heavy atom. The summed E-state index contributed by atoms with van der Waals surface area (Å²) in [6.07, 6.45) is 3.21. The van der Waals surface area contributed by atoms with Gasteiger partial charge in [-0.05, 0) is 13.3 Å². The molecule has 1 fully saturated rings. The van der Waals surface area contributed by atoms with Crippen molar-refractivity contribution in [2.24, 2.45) is 0 Å². The molecule has 1 aliphatic heterocycles. The monoisotopic (exact) mass is 298 g/mol. The van der Waals surface area contributed by atoms with Crippen LogP contribution >= 0.6 is 0 Å². The summed E-state index contributed by atoms with van der Waals surface area (Å²) in [5, 5.41) is 24.6. The first-order chi connectivity index (χ1) is 9.97. The Balaban J connectivity index is 1.85. The lowest BCUT2D eigenvalue weighted by molar-refractivity contribution is -0.385. The number of rotatable bonds is 6. The number of nitro groups is 1. The highest BCUT2D eigenvalue weighted by Gasteiger charge is 2.25. The van der Waals surface area contributed by atoms with Crippen LogP contribution in [0.3, 0.4) is 0 Å². The molecule has 8 heteroatoms. The quantitative estimate of drug-likeness (QED) is 0.612. The molecule has 3 atom stereocenters. The summed E-state index contributed by atoms with van der Waals surface area (Å²) in [5.74, 6) is 0. The van der Waals surface area contributed by atoms with Crippen molar-refractivity contribution in [1.82, 2.24) is 14.7 Å². The van der Waals surface area contributed by atoms with Gasteiger partial charge in [0.25, 0.3) is 0 Å². The molecule has 2 heterocycles. The highest BCUT2D eigenvalue weighted by molar-refractivity contribution is 5.20. The molecule has 0 bridgehead atoms. The molecule has 21 heavy (non-hydrogen) atoms. The Labute approximate surface area is 123 Å². The Bertz CT molecular complexity index is 478. The van der Waals surface area contributed by atoms with Crippen molar-refractivity contribution in [3.05, 3.63) is 22.5 Å². The topological polar surface area (TPSA) is 93.7 Å². The third-order valence-electron chi connectivity index (χ3n) is 3.55. The van der Waals surface area contributed by atoms with Gasteiger partial charge in [0, 0.05) is 19.6 Å². The molecule has 2 rings (SSSR count). The van der Waals surface area contributed by atoms with Crippen molar-refractivity contribution in [1.29, 1.82) is 0 Å². The summed E-state index contributed by atoms with van der Waals surface area (Å²) in [7, 11) is 0. The first kappa shape index (κ1) is 15.9. The fourth-order valence-corrected chi connectivity index (χ4v) is 2.63. The van der Waals surface area contributed by atoms with Crippen LogP contribution in [0.1, 0.15) is 20.3 Å². The Morgan fingerprint density at radius 3 is 2.95 bits per heavy atom. The van der Waals surface area contributed by atoms with Crippen LogP contribution < -0.4 is 0 Å². The van der Waals surface area contributed by atoms with Gasteiger partial charge >= 0.3 is 5.69 Å². The molecule has 0 saturated carbocycles. The summed E-state index contributed by atoms with van der Waals surface area (Å²) in [5.41, 5.74) is -0.0618. The standard InChI is InChI=1S/C13H22N4O4/c1-3-13-9-15(5-10(2)21-13)7-12(18)8-16-6-11(4-14-16)17(19)20/h4,6,10,12-13,18H,3,5,7-9H2,1-2H3. The second-order valence-corrected chi connectivity index (χ2v) is 5.53. The number of nitrogens with zero attached hydrogens (tertiary/aromatic N) is 4. The third kappa shape index (κ3) is 4.48. The summed E-state index contributed by atoms with van der Waals surface area (Å²) in [4.78, 5) is 12.3. The third-order valence-corrected chi connectivity index (χ3v) is 3.55. The Morgan fingerprint density at radius 2 is 2.33 bits per heavy atom. The van der Waals surface area contributed by atoms with Gasteiger partial charge in [-0.1, -0.05) is 6.92 Å². The minimum atomic E-state index is -0.618. The summed E-state index contributed by atoms with van der Waals surface area (Å²) >= 11 is 0. The van der Waals surface area contributed by atoms with Crippen LogP contribution in [0, 0.1) is 10.1 Å². The van der Waals surface area contributed by atoms with E-state index in [9.17, 15) is 15.2 Å². The lowest BCUT2D eigenvalue weighted by Crippen LogP contribution is -2.49. The summed E-state index contributed by atoms with van der Waals surface area (Å²) < 4.78 is 7.19. The van der Waals surface area contributed by atoms with Crippen LogP contribution in [-0.2, 0) is 11.3 Å². The molecule has 1 N–H and O–H groups in total. The van der Waals surface area contributed by atoms with Gasteiger partial charge in [0.15, 0.2) is 0 Å². The molecule has 0 spiro atoms. The van der Waals surface area contributed by atoms with E-state index in [-0.39, 0.29) is 24.4 Å². The smallest absolute Gasteiger partial charge is 0.306 e. The van der Waals surface area contributed by atoms with Crippen LogP contribution in [-0.4, -0.2) is 62.7 Å². The molecule has 0 aromatic carbocycles. The predicted octanol–water partition coefficient (Wildman–Crippen LogP) is 0.651. The molecule has 3 unspecified atom stereocenters. The summed E-state index contributed by atoms with van der Waals surface area (Å²) in [6, 6.07) is 0. The van der Waals surface area contributed by atoms with Gasteiger partial charge in [0.1, 0.15) is 12.4 Å². The minimum Gasteiger partial charge on any atom is -0.390 e. The molecule has 1 aliphatic rings. The van der Waals surface area contributed by atoms with Crippen molar-refractivity contribution in [2.75, 3.05) is 19.6 Å². The normalized spacial score (nSPS) is 24.9. The average Bonchev–Trinajstić information content (AvgIpc) is 2.86. The van der Waals surface area contributed by atoms with Crippen molar-refractivity contribution in [3.63, 3.8) is 0 Å². The largest absolute Gasteiger partial charge is 0.390 e. The van der Waals surface area contributed by atoms with Crippen LogP contribution in [0.2, 0.25) is 0 Å². The zero-order valence-electron chi connectivity index (χ0n) is 12.4. The van der Waals surface area contributed by atoms with E-state index < -0.39 is 11.0 Å². The van der Waals surface area contributed by atoms with E-state index in [0.717, 1.165) is 19.5 Å². The second-order valence-electron chi connectivity index (χ2n) is 5.53. The highest BCUT2D eigenvalue weighted by atomic mass is 16.6. The van der Waals surface area contributed by atoms with E-state index >= 15 is 0 Å². The zero-order valence-corrected chi connectivity index (χ0v) is 12.4. The van der Waals surface area contributed by atoms with Crippen molar-refractivity contribution in [3.8, 4) is 0 Å². The van der Waals surface area contributed by atoms with Gasteiger partial charge in [0.05, 0.1) is 29.8 Å². The maximum Gasteiger partial charge on any atom is 0.306 e. The average molecular weight is 298 g/mol. The predicted molar refractivity (Wildman–Crippen MR) is 76.0 cm³/mol. The van der Waals surface area contributed by atoms with E-state index in [1.54, 1.807) is 0 Å². The number of aliphatic hydroxyl groups is 1. The summed E-state index contributed by atoms with van der Waals surface area (Å²) in [6.45, 7) is 6.45. The maximum atomic E-state index is 10.6. The van der Waals surface area contributed by atoms with Gasteiger partial charge in [-0.15, -0.1) is 0 Å². The van der Waals surface area contributed by atoms with Crippen LogP contribution in [0.25, 0.3) is 0 Å². The van der Waals surface area contributed by atoms with E-state index in [2.05, 4.69) is 16.9 Å². The lowest BCUT2D eigenvalue weighted by atomic mass is 10.1. The van der Waals surface area contributed by atoms with Crippen LogP contribution in [0.15, 0.2) is 12.4 Å². The molecule has 118 valence electrons. The number of aromatic nitrogens is 2.